The van der Waals surface area contributed by atoms with E-state index in [0.29, 0.717) is 5.69 Å². The highest BCUT2D eigenvalue weighted by Gasteiger charge is 2.16. The molecule has 0 bridgehead atoms. The first kappa shape index (κ1) is 15.9. The van der Waals surface area contributed by atoms with Crippen molar-refractivity contribution in [1.29, 1.82) is 5.26 Å². The fourth-order valence-corrected chi connectivity index (χ4v) is 2.30. The second-order valence-corrected chi connectivity index (χ2v) is 5.10. The molecule has 2 N–H and O–H groups in total. The van der Waals surface area contributed by atoms with E-state index in [9.17, 15) is 15.2 Å². The molecule has 1 aliphatic heterocycles. The van der Waals surface area contributed by atoms with Crippen molar-refractivity contribution in [3.63, 3.8) is 0 Å². The zero-order valence-corrected chi connectivity index (χ0v) is 12.6. The summed E-state index contributed by atoms with van der Waals surface area (Å²) < 4.78 is 0. The molecule has 1 aromatic carbocycles. The van der Waals surface area contributed by atoms with E-state index in [1.807, 2.05) is 11.0 Å². The topological polar surface area (TPSA) is 79.6 Å². The normalized spacial score (nSPS) is 16.2. The monoisotopic (exact) mass is 300 g/mol. The number of aromatic hydroxyl groups is 1. The average Bonchev–Trinajstić information content (AvgIpc) is 2.55. The second kappa shape index (κ2) is 7.48. The van der Waals surface area contributed by atoms with Crippen LogP contribution in [0.4, 0.5) is 5.69 Å². The van der Waals surface area contributed by atoms with Crippen LogP contribution in [0.25, 0.3) is 0 Å². The van der Waals surface area contributed by atoms with Gasteiger partial charge in [-0.25, -0.2) is 0 Å². The molecule has 0 unspecified atom stereocenters. The predicted molar refractivity (Wildman–Crippen MR) is 84.1 cm³/mol. The lowest BCUT2D eigenvalue weighted by molar-refractivity contribution is -0.112. The van der Waals surface area contributed by atoms with Crippen molar-refractivity contribution in [2.75, 3.05) is 38.0 Å². The Bertz CT molecular complexity index is 598. The third-order valence-electron chi connectivity index (χ3n) is 3.68. The Kier molecular flexibility index (Phi) is 5.39. The molecular weight excluding hydrogens is 280 g/mol. The first-order valence-electron chi connectivity index (χ1n) is 7.31. The number of rotatable bonds is 4. The molecule has 2 rings (SSSR count). The van der Waals surface area contributed by atoms with E-state index in [1.54, 1.807) is 24.4 Å². The van der Waals surface area contributed by atoms with Gasteiger partial charge >= 0.3 is 0 Å². The highest BCUT2D eigenvalue weighted by atomic mass is 16.3. The summed E-state index contributed by atoms with van der Waals surface area (Å²) in [6, 6.07) is 8.36. The Morgan fingerprint density at radius 1 is 1.36 bits per heavy atom. The minimum absolute atomic E-state index is 0.0234. The van der Waals surface area contributed by atoms with Gasteiger partial charge in [0.25, 0.3) is 5.91 Å². The Morgan fingerprint density at radius 2 is 2.05 bits per heavy atom. The molecule has 1 aromatic rings. The summed E-state index contributed by atoms with van der Waals surface area (Å²) in [7, 11) is 0. The quantitative estimate of drug-likeness (QED) is 0.499. The van der Waals surface area contributed by atoms with Crippen LogP contribution in [0.2, 0.25) is 0 Å². The maximum Gasteiger partial charge on any atom is 0.267 e. The zero-order chi connectivity index (χ0) is 15.9. The van der Waals surface area contributed by atoms with E-state index in [0.717, 1.165) is 32.7 Å². The van der Waals surface area contributed by atoms with Crippen LogP contribution in [0.1, 0.15) is 6.92 Å². The summed E-state index contributed by atoms with van der Waals surface area (Å²) in [5.74, 6) is -0.536. The number of amides is 1. The van der Waals surface area contributed by atoms with Gasteiger partial charge in [0.15, 0.2) is 0 Å². The van der Waals surface area contributed by atoms with Gasteiger partial charge in [0.1, 0.15) is 17.4 Å². The number of carbonyl (C=O) groups is 1. The van der Waals surface area contributed by atoms with Crippen molar-refractivity contribution in [1.82, 2.24) is 9.80 Å². The molecule has 116 valence electrons. The largest absolute Gasteiger partial charge is 0.506 e. The van der Waals surface area contributed by atoms with Crippen molar-refractivity contribution in [2.45, 2.75) is 6.92 Å². The van der Waals surface area contributed by atoms with E-state index in [4.69, 9.17) is 0 Å². The summed E-state index contributed by atoms with van der Waals surface area (Å²) in [6.45, 7) is 6.56. The van der Waals surface area contributed by atoms with Gasteiger partial charge in [-0.15, -0.1) is 0 Å². The van der Waals surface area contributed by atoms with Crippen LogP contribution in [-0.4, -0.2) is 53.5 Å². The summed E-state index contributed by atoms with van der Waals surface area (Å²) >= 11 is 0. The number of para-hydroxylation sites is 2. The molecule has 6 nitrogen and oxygen atoms in total. The van der Waals surface area contributed by atoms with Crippen LogP contribution < -0.4 is 5.32 Å². The SMILES string of the molecule is CCN1CCN(/C=C(/C#N)C(=O)Nc2ccccc2O)CC1. The standard InChI is InChI=1S/C16H20N4O2/c1-2-19-7-9-20(10-8-19)12-13(11-17)16(22)18-14-5-3-4-6-15(14)21/h3-6,12,21H,2,7-10H2,1H3,(H,18,22)/b13-12-. The molecule has 1 amide bonds. The molecule has 0 radical (unpaired) electrons. The number of phenolic OH excluding ortho intramolecular Hbond substituents is 1. The van der Waals surface area contributed by atoms with Crippen molar-refractivity contribution in [2.24, 2.45) is 0 Å². The lowest BCUT2D eigenvalue weighted by atomic mass is 10.2. The lowest BCUT2D eigenvalue weighted by Crippen LogP contribution is -2.44. The first-order chi connectivity index (χ1) is 10.6. The number of hydrogen-bond donors (Lipinski definition) is 2. The molecule has 22 heavy (non-hydrogen) atoms. The van der Waals surface area contributed by atoms with Crippen molar-refractivity contribution in [3.8, 4) is 11.8 Å². The van der Waals surface area contributed by atoms with Gasteiger partial charge in [-0.1, -0.05) is 19.1 Å². The number of likely N-dealkylation sites (N-methyl/N-ethyl adjacent to an activating group) is 1. The van der Waals surface area contributed by atoms with Crippen LogP contribution in [0.15, 0.2) is 36.0 Å². The number of phenols is 1. The number of hydrogen-bond acceptors (Lipinski definition) is 5. The molecule has 0 atom stereocenters. The smallest absolute Gasteiger partial charge is 0.267 e. The molecule has 0 aliphatic carbocycles. The Balaban J connectivity index is 2.02. The molecule has 0 aromatic heterocycles. The minimum atomic E-state index is -0.512. The summed E-state index contributed by atoms with van der Waals surface area (Å²) in [5.41, 5.74) is 0.331. The maximum absolute atomic E-state index is 12.1. The Morgan fingerprint density at radius 3 is 2.64 bits per heavy atom. The van der Waals surface area contributed by atoms with E-state index in [2.05, 4.69) is 17.1 Å². The van der Waals surface area contributed by atoms with Crippen LogP contribution in [0.3, 0.4) is 0 Å². The van der Waals surface area contributed by atoms with Gasteiger partial charge in [-0.2, -0.15) is 5.26 Å². The van der Waals surface area contributed by atoms with Crippen LogP contribution in [-0.2, 0) is 4.79 Å². The van der Waals surface area contributed by atoms with Gasteiger partial charge < -0.3 is 20.2 Å². The molecule has 0 saturated carbocycles. The molecule has 1 saturated heterocycles. The van der Waals surface area contributed by atoms with Crippen molar-refractivity contribution < 1.29 is 9.90 Å². The highest BCUT2D eigenvalue weighted by molar-refractivity contribution is 6.07. The molecule has 1 heterocycles. The summed E-state index contributed by atoms with van der Waals surface area (Å²) in [6.07, 6.45) is 1.60. The van der Waals surface area contributed by atoms with Gasteiger partial charge in [0.2, 0.25) is 0 Å². The number of nitriles is 1. The van der Waals surface area contributed by atoms with Crippen molar-refractivity contribution in [3.05, 3.63) is 36.0 Å². The second-order valence-electron chi connectivity index (χ2n) is 5.10. The third kappa shape index (κ3) is 3.99. The van der Waals surface area contributed by atoms with Gasteiger partial charge in [-0.05, 0) is 18.7 Å². The predicted octanol–water partition coefficient (Wildman–Crippen LogP) is 1.38. The number of nitrogens with zero attached hydrogens (tertiary/aromatic N) is 3. The number of benzene rings is 1. The summed E-state index contributed by atoms with van der Waals surface area (Å²) in [5, 5.41) is 21.4. The number of carbonyl (C=O) groups excluding carboxylic acids is 1. The minimum Gasteiger partial charge on any atom is -0.506 e. The number of piperazine rings is 1. The van der Waals surface area contributed by atoms with E-state index in [-0.39, 0.29) is 11.3 Å². The van der Waals surface area contributed by atoms with Crippen LogP contribution in [0, 0.1) is 11.3 Å². The molecule has 1 fully saturated rings. The van der Waals surface area contributed by atoms with Gasteiger partial charge in [0, 0.05) is 32.4 Å². The molecule has 0 spiro atoms. The molecule has 6 heteroatoms. The first-order valence-corrected chi connectivity index (χ1v) is 7.31. The maximum atomic E-state index is 12.1. The van der Waals surface area contributed by atoms with E-state index >= 15 is 0 Å². The average molecular weight is 300 g/mol. The van der Waals surface area contributed by atoms with E-state index in [1.165, 1.54) is 6.07 Å². The fourth-order valence-electron chi connectivity index (χ4n) is 2.30. The van der Waals surface area contributed by atoms with Crippen LogP contribution in [0.5, 0.6) is 5.75 Å². The summed E-state index contributed by atoms with van der Waals surface area (Å²) in [4.78, 5) is 16.4. The zero-order valence-electron chi connectivity index (χ0n) is 12.6. The highest BCUT2D eigenvalue weighted by Crippen LogP contribution is 2.22. The van der Waals surface area contributed by atoms with Crippen molar-refractivity contribution >= 4 is 11.6 Å². The lowest BCUT2D eigenvalue weighted by Gasteiger charge is -2.33. The van der Waals surface area contributed by atoms with Gasteiger partial charge in [0.05, 0.1) is 5.69 Å². The third-order valence-corrected chi connectivity index (χ3v) is 3.68. The Labute approximate surface area is 130 Å². The Hall–Kier alpha value is -2.52. The van der Waals surface area contributed by atoms with E-state index < -0.39 is 5.91 Å². The van der Waals surface area contributed by atoms with Crippen LogP contribution >= 0.6 is 0 Å². The molecular formula is C16H20N4O2. The number of anilines is 1. The molecule has 1 aliphatic rings. The van der Waals surface area contributed by atoms with Gasteiger partial charge in [-0.3, -0.25) is 4.79 Å². The fraction of sp³-hybridized carbons (Fsp3) is 0.375. The number of nitrogens with one attached hydrogen (secondary N) is 1.